The molecular weight excluding hydrogens is 443 g/mol. The number of carbonyl (C=O) groups excluding carboxylic acids is 2. The Morgan fingerprint density at radius 2 is 1.77 bits per heavy atom. The van der Waals surface area contributed by atoms with Gasteiger partial charge in [-0.3, -0.25) is 9.59 Å². The molecule has 2 heterocycles. The summed E-state index contributed by atoms with van der Waals surface area (Å²) < 4.78 is 17.0. The van der Waals surface area contributed by atoms with Crippen LogP contribution in [-0.4, -0.2) is 35.0 Å². The highest BCUT2D eigenvalue weighted by Gasteiger charge is 2.26. The van der Waals surface area contributed by atoms with E-state index in [-0.39, 0.29) is 29.9 Å². The van der Waals surface area contributed by atoms with Gasteiger partial charge in [-0.05, 0) is 55.2 Å². The van der Waals surface area contributed by atoms with Crippen LogP contribution in [0.1, 0.15) is 102 Å². The van der Waals surface area contributed by atoms with E-state index in [0.29, 0.717) is 24.4 Å². The van der Waals surface area contributed by atoms with Crippen molar-refractivity contribution >= 4 is 11.8 Å². The molecule has 1 aliphatic heterocycles. The summed E-state index contributed by atoms with van der Waals surface area (Å²) in [4.78, 5) is 28.7. The predicted octanol–water partition coefficient (Wildman–Crippen LogP) is 6.09. The molecule has 6 nitrogen and oxygen atoms in total. The first-order chi connectivity index (χ1) is 16.7. The predicted molar refractivity (Wildman–Crippen MR) is 142 cm³/mol. The summed E-state index contributed by atoms with van der Waals surface area (Å²) >= 11 is 0. The van der Waals surface area contributed by atoms with Crippen LogP contribution < -0.4 is 10.6 Å². The molecule has 1 aromatic carbocycles. The van der Waals surface area contributed by atoms with Crippen LogP contribution in [0.4, 0.5) is 4.39 Å². The van der Waals surface area contributed by atoms with Crippen LogP contribution in [0.3, 0.4) is 0 Å². The summed E-state index contributed by atoms with van der Waals surface area (Å²) in [5, 5.41) is 5.08. The molecule has 3 rings (SSSR count). The van der Waals surface area contributed by atoms with Gasteiger partial charge in [-0.15, -0.1) is 0 Å². The van der Waals surface area contributed by atoms with Crippen molar-refractivity contribution in [1.82, 2.24) is 20.2 Å². The van der Waals surface area contributed by atoms with E-state index in [1.165, 1.54) is 7.05 Å². The van der Waals surface area contributed by atoms with Crippen LogP contribution in [0.5, 0.6) is 0 Å². The first-order valence-corrected chi connectivity index (χ1v) is 13.1. The average molecular weight is 489 g/mol. The van der Waals surface area contributed by atoms with Gasteiger partial charge in [-0.25, -0.2) is 9.37 Å². The van der Waals surface area contributed by atoms with E-state index in [1.807, 2.05) is 24.5 Å². The lowest BCUT2D eigenvalue weighted by atomic mass is 9.97. The third kappa shape index (κ3) is 8.79. The second-order valence-corrected chi connectivity index (χ2v) is 9.33. The lowest BCUT2D eigenvalue weighted by Gasteiger charge is -2.13. The van der Waals surface area contributed by atoms with E-state index in [1.54, 1.807) is 12.1 Å². The van der Waals surface area contributed by atoms with Gasteiger partial charge in [0.15, 0.2) is 0 Å². The molecule has 0 bridgehead atoms. The molecule has 35 heavy (non-hydrogen) atoms. The maximum absolute atomic E-state index is 15.0. The summed E-state index contributed by atoms with van der Waals surface area (Å²) in [6, 6.07) is 5.28. The number of likely N-dealkylation sites (N-methyl/N-ethyl adjacent to an activating group) is 1. The standard InChI is InChI=1S/C22H29FN4O2.C4H10.C2H6/c1-4-14(2)15-9-10-16(17(23)12-15)21-26-20(22(29)25-13-19(28)24-3)18-8-6-5-7-11-27(18)21;1-4(2)3;1-2/h9-10,12,14H,4-8,11,13H2,1-3H3,(H,24,28)(H,25,29);4H,1-3H3;1-2H3. The normalized spacial score (nSPS) is 13.3. The molecule has 1 aromatic heterocycles. The number of carbonyl (C=O) groups is 2. The smallest absolute Gasteiger partial charge is 0.272 e. The summed E-state index contributed by atoms with van der Waals surface area (Å²) in [5.41, 5.74) is 2.47. The van der Waals surface area contributed by atoms with E-state index >= 15 is 4.39 Å². The summed E-state index contributed by atoms with van der Waals surface area (Å²) in [6.45, 7) is 15.2. The lowest BCUT2D eigenvalue weighted by molar-refractivity contribution is -0.119. The number of rotatable bonds is 6. The van der Waals surface area contributed by atoms with Gasteiger partial charge < -0.3 is 15.2 Å². The molecule has 1 unspecified atom stereocenters. The number of hydrogen-bond acceptors (Lipinski definition) is 3. The van der Waals surface area contributed by atoms with Gasteiger partial charge in [0.25, 0.3) is 5.91 Å². The van der Waals surface area contributed by atoms with Crippen LogP contribution in [0.25, 0.3) is 11.4 Å². The lowest BCUT2D eigenvalue weighted by Crippen LogP contribution is -2.35. The Kier molecular flexibility index (Phi) is 13.3. The van der Waals surface area contributed by atoms with Gasteiger partial charge in [-0.1, -0.05) is 61.0 Å². The fraction of sp³-hybridized carbons (Fsp3) is 0.607. The average Bonchev–Trinajstić information content (AvgIpc) is 3.02. The Hall–Kier alpha value is -2.70. The monoisotopic (exact) mass is 488 g/mol. The Labute approximate surface area is 211 Å². The maximum atomic E-state index is 15.0. The number of hydrogen-bond donors (Lipinski definition) is 2. The van der Waals surface area contributed by atoms with Crippen molar-refractivity contribution < 1.29 is 14.0 Å². The molecule has 0 fully saturated rings. The minimum atomic E-state index is -0.401. The quantitative estimate of drug-likeness (QED) is 0.516. The van der Waals surface area contributed by atoms with Crippen molar-refractivity contribution in [3.8, 4) is 11.4 Å². The van der Waals surface area contributed by atoms with Crippen LogP contribution in [0, 0.1) is 11.7 Å². The van der Waals surface area contributed by atoms with Crippen LogP contribution in [-0.2, 0) is 17.8 Å². The number of amides is 2. The molecule has 7 heteroatoms. The maximum Gasteiger partial charge on any atom is 0.272 e. The summed E-state index contributed by atoms with van der Waals surface area (Å²) in [7, 11) is 1.51. The Balaban J connectivity index is 0.000000926. The molecule has 0 spiro atoms. The van der Waals surface area contributed by atoms with Crippen molar-refractivity contribution in [3.63, 3.8) is 0 Å². The number of halogens is 1. The van der Waals surface area contributed by atoms with Crippen molar-refractivity contribution in [2.75, 3.05) is 13.6 Å². The highest BCUT2D eigenvalue weighted by atomic mass is 19.1. The second-order valence-electron chi connectivity index (χ2n) is 9.33. The Bertz CT molecular complexity index is 950. The molecule has 196 valence electrons. The molecule has 0 aliphatic carbocycles. The zero-order valence-corrected chi connectivity index (χ0v) is 22.9. The van der Waals surface area contributed by atoms with Gasteiger partial charge in [0.1, 0.15) is 17.3 Å². The number of fused-ring (bicyclic) bond motifs is 1. The van der Waals surface area contributed by atoms with Crippen molar-refractivity contribution in [2.45, 2.75) is 93.0 Å². The third-order valence-corrected chi connectivity index (χ3v) is 5.69. The molecule has 2 amide bonds. The summed E-state index contributed by atoms with van der Waals surface area (Å²) in [6.07, 6.45) is 4.61. The van der Waals surface area contributed by atoms with Crippen molar-refractivity contribution in [3.05, 3.63) is 41.0 Å². The van der Waals surface area contributed by atoms with Gasteiger partial charge in [0.2, 0.25) is 5.91 Å². The van der Waals surface area contributed by atoms with E-state index in [4.69, 9.17) is 0 Å². The fourth-order valence-corrected chi connectivity index (χ4v) is 3.69. The first kappa shape index (κ1) is 30.3. The Morgan fingerprint density at radius 1 is 1.11 bits per heavy atom. The number of aromatic nitrogens is 2. The first-order valence-electron chi connectivity index (χ1n) is 13.1. The van der Waals surface area contributed by atoms with Crippen molar-refractivity contribution in [2.24, 2.45) is 5.92 Å². The van der Waals surface area contributed by atoms with Crippen LogP contribution in [0.2, 0.25) is 0 Å². The molecule has 0 radical (unpaired) electrons. The largest absolute Gasteiger partial charge is 0.358 e. The van der Waals surface area contributed by atoms with E-state index in [2.05, 4.69) is 50.2 Å². The van der Waals surface area contributed by atoms with E-state index in [0.717, 1.165) is 42.9 Å². The Morgan fingerprint density at radius 3 is 2.34 bits per heavy atom. The number of nitrogens with one attached hydrogen (secondary N) is 2. The molecule has 0 saturated heterocycles. The molecule has 2 N–H and O–H groups in total. The molecular formula is C28H45FN4O2. The highest BCUT2D eigenvalue weighted by Crippen LogP contribution is 2.31. The van der Waals surface area contributed by atoms with Gasteiger partial charge >= 0.3 is 0 Å². The van der Waals surface area contributed by atoms with Crippen LogP contribution >= 0.6 is 0 Å². The fourth-order valence-electron chi connectivity index (χ4n) is 3.69. The molecule has 1 aliphatic rings. The van der Waals surface area contributed by atoms with Gasteiger partial charge in [0, 0.05) is 13.6 Å². The minimum Gasteiger partial charge on any atom is -0.358 e. The number of nitrogens with zero attached hydrogens (tertiary/aromatic N) is 2. The second kappa shape index (κ2) is 15.3. The van der Waals surface area contributed by atoms with Gasteiger partial charge in [0.05, 0.1) is 17.8 Å². The topological polar surface area (TPSA) is 76.0 Å². The third-order valence-electron chi connectivity index (χ3n) is 5.69. The zero-order valence-electron chi connectivity index (χ0n) is 22.9. The molecule has 1 atom stereocenters. The summed E-state index contributed by atoms with van der Waals surface area (Å²) in [5.74, 6) is 0.594. The molecule has 0 saturated carbocycles. The molecule has 2 aromatic rings. The van der Waals surface area contributed by atoms with E-state index in [9.17, 15) is 9.59 Å². The zero-order chi connectivity index (χ0) is 26.5. The van der Waals surface area contributed by atoms with Crippen molar-refractivity contribution in [1.29, 1.82) is 0 Å². The highest BCUT2D eigenvalue weighted by molar-refractivity contribution is 5.96. The van der Waals surface area contributed by atoms with Crippen LogP contribution in [0.15, 0.2) is 18.2 Å². The number of imidazole rings is 1. The van der Waals surface area contributed by atoms with E-state index < -0.39 is 5.91 Å². The number of benzene rings is 1. The van der Waals surface area contributed by atoms with Gasteiger partial charge in [-0.2, -0.15) is 0 Å². The SMILES string of the molecule is CC.CC(C)C.CCC(C)c1ccc(-c2nc(C(=O)NCC(=O)NC)c3n2CCCCC3)c(F)c1. The minimum absolute atomic E-state index is 0.116.